The van der Waals surface area contributed by atoms with E-state index in [-0.39, 0.29) is 18.1 Å². The second kappa shape index (κ2) is 10.3. The van der Waals surface area contributed by atoms with Gasteiger partial charge >= 0.3 is 6.61 Å². The molecule has 0 aliphatic heterocycles. The minimum atomic E-state index is -2.90. The Hall–Kier alpha value is -3.12. The fraction of sp³-hybridized carbons (Fsp3) is 0.318. The van der Waals surface area contributed by atoms with Crippen molar-refractivity contribution >= 4 is 28.8 Å². The smallest absolute Gasteiger partial charge is 0.387 e. The molecule has 0 unspecified atom stereocenters. The van der Waals surface area contributed by atoms with Gasteiger partial charge in [-0.2, -0.15) is 14.0 Å². The normalized spacial score (nSPS) is 13.0. The highest BCUT2D eigenvalue weighted by Gasteiger charge is 2.25. The van der Waals surface area contributed by atoms with Crippen molar-refractivity contribution < 1.29 is 22.7 Å². The first-order chi connectivity index (χ1) is 14.9. The summed E-state index contributed by atoms with van der Waals surface area (Å²) in [6, 6.07) is 15.5. The molecule has 2 aromatic carbocycles. The van der Waals surface area contributed by atoms with Crippen molar-refractivity contribution in [3.8, 4) is 11.8 Å². The maximum absolute atomic E-state index is 12.4. The first-order valence-corrected chi connectivity index (χ1v) is 10.6. The third-order valence-corrected chi connectivity index (χ3v) is 5.41. The first-order valence-electron chi connectivity index (χ1n) is 9.61. The molecular weight excluding hydrogens is 424 g/mol. The zero-order valence-corrected chi connectivity index (χ0v) is 17.6. The van der Waals surface area contributed by atoms with Crippen LogP contribution in [0.3, 0.4) is 0 Å². The van der Waals surface area contributed by atoms with Crippen molar-refractivity contribution in [2.24, 2.45) is 0 Å². The molecule has 9 heteroatoms. The molecular formula is C22H21F2N3O3S. The molecule has 3 aromatic rings. The summed E-state index contributed by atoms with van der Waals surface area (Å²) in [5.74, 6) is 0.390. The van der Waals surface area contributed by atoms with E-state index >= 15 is 0 Å². The Balaban J connectivity index is 1.45. The highest BCUT2D eigenvalue weighted by atomic mass is 32.2. The van der Waals surface area contributed by atoms with Crippen molar-refractivity contribution in [2.75, 3.05) is 5.75 Å². The zero-order valence-electron chi connectivity index (χ0n) is 16.8. The molecule has 0 radical (unpaired) electrons. The molecule has 0 saturated heterocycles. The molecule has 6 nitrogen and oxygen atoms in total. The van der Waals surface area contributed by atoms with E-state index in [1.807, 2.05) is 24.3 Å². The highest BCUT2D eigenvalue weighted by Crippen LogP contribution is 2.25. The van der Waals surface area contributed by atoms with Crippen LogP contribution >= 0.6 is 11.8 Å². The predicted octanol–water partition coefficient (Wildman–Crippen LogP) is 4.94. The topological polar surface area (TPSA) is 88.2 Å². The average Bonchev–Trinajstić information content (AvgIpc) is 3.15. The summed E-state index contributed by atoms with van der Waals surface area (Å²) >= 11 is 1.46. The minimum absolute atomic E-state index is 0.0254. The summed E-state index contributed by atoms with van der Waals surface area (Å²) in [5, 5.41) is 12.9. The number of aromatic nitrogens is 1. The summed E-state index contributed by atoms with van der Waals surface area (Å²) in [7, 11) is 0. The third-order valence-electron chi connectivity index (χ3n) is 4.50. The van der Waals surface area contributed by atoms with Crippen LogP contribution in [-0.4, -0.2) is 28.8 Å². The number of hydrogen-bond donors (Lipinski definition) is 1. The molecule has 1 amide bonds. The number of thioether (sulfide) groups is 1. The summed E-state index contributed by atoms with van der Waals surface area (Å²) in [5.41, 5.74) is 1.14. The number of para-hydroxylation sites is 2. The maximum Gasteiger partial charge on any atom is 0.387 e. The van der Waals surface area contributed by atoms with Crippen LogP contribution in [0.1, 0.15) is 25.3 Å². The number of hydrogen-bond acceptors (Lipinski definition) is 6. The van der Waals surface area contributed by atoms with E-state index in [0.717, 1.165) is 11.1 Å². The molecule has 162 valence electrons. The van der Waals surface area contributed by atoms with Crippen LogP contribution in [0.4, 0.5) is 8.78 Å². The molecule has 1 aromatic heterocycles. The van der Waals surface area contributed by atoms with Gasteiger partial charge in [-0.3, -0.25) is 4.79 Å². The lowest BCUT2D eigenvalue weighted by molar-refractivity contribution is -0.121. The Morgan fingerprint density at radius 1 is 1.29 bits per heavy atom. The summed E-state index contributed by atoms with van der Waals surface area (Å²) in [6.07, 6.45) is 1.17. The fourth-order valence-electron chi connectivity index (χ4n) is 2.97. The van der Waals surface area contributed by atoms with Crippen LogP contribution < -0.4 is 10.1 Å². The standard InChI is InChI=1S/C22H21F2N3O3S/c1-22(14-25,11-4-12-31-21-26-17-5-2-3-6-18(17)30-21)27-19(28)13-15-7-9-16(10-8-15)29-20(23)24/h2-3,5-10,20H,4,11-13H2,1H3,(H,27,28)/t22-/m0/s1. The Morgan fingerprint density at radius 3 is 2.71 bits per heavy atom. The lowest BCUT2D eigenvalue weighted by Crippen LogP contribution is -2.45. The van der Waals surface area contributed by atoms with E-state index in [2.05, 4.69) is 21.1 Å². The Bertz CT molecular complexity index is 1030. The Morgan fingerprint density at radius 2 is 2.03 bits per heavy atom. The zero-order chi connectivity index (χ0) is 22.3. The molecule has 3 rings (SSSR count). The quantitative estimate of drug-likeness (QED) is 0.351. The van der Waals surface area contributed by atoms with Crippen molar-refractivity contribution in [2.45, 2.75) is 43.6 Å². The molecule has 31 heavy (non-hydrogen) atoms. The number of carbonyl (C=O) groups is 1. The first kappa shape index (κ1) is 22.6. The minimum Gasteiger partial charge on any atom is -0.435 e. The molecule has 0 aliphatic carbocycles. The van der Waals surface area contributed by atoms with Crippen molar-refractivity contribution in [1.29, 1.82) is 5.26 Å². The average molecular weight is 445 g/mol. The summed E-state index contributed by atoms with van der Waals surface area (Å²) in [4.78, 5) is 16.8. The lowest BCUT2D eigenvalue weighted by Gasteiger charge is -2.23. The van der Waals surface area contributed by atoms with Gasteiger partial charge in [0.25, 0.3) is 5.22 Å². The highest BCUT2D eigenvalue weighted by molar-refractivity contribution is 7.99. The van der Waals surface area contributed by atoms with Gasteiger partial charge in [0, 0.05) is 5.75 Å². The van der Waals surface area contributed by atoms with E-state index in [1.54, 1.807) is 6.92 Å². The van der Waals surface area contributed by atoms with E-state index in [4.69, 9.17) is 4.42 Å². The van der Waals surface area contributed by atoms with Gasteiger partial charge in [0.2, 0.25) is 5.91 Å². The van der Waals surface area contributed by atoms with Gasteiger partial charge in [-0.25, -0.2) is 4.98 Å². The number of halogens is 2. The SMILES string of the molecule is C[C@@](C#N)(CCCSc1nc2ccccc2o1)NC(=O)Cc1ccc(OC(F)F)cc1. The van der Waals surface area contributed by atoms with Crippen molar-refractivity contribution in [1.82, 2.24) is 10.3 Å². The van der Waals surface area contributed by atoms with E-state index in [0.29, 0.717) is 29.4 Å². The fourth-order valence-corrected chi connectivity index (χ4v) is 3.75. The molecule has 1 heterocycles. The molecule has 0 aliphatic rings. The molecule has 1 atom stereocenters. The Labute approximate surface area is 182 Å². The number of nitrogens with zero attached hydrogens (tertiary/aromatic N) is 2. The number of benzene rings is 2. The lowest BCUT2D eigenvalue weighted by atomic mass is 9.97. The largest absolute Gasteiger partial charge is 0.435 e. The molecule has 0 fully saturated rings. The van der Waals surface area contributed by atoms with Crippen LogP contribution in [0.2, 0.25) is 0 Å². The number of nitriles is 1. The van der Waals surface area contributed by atoms with Crippen LogP contribution in [-0.2, 0) is 11.2 Å². The number of alkyl halides is 2. The molecule has 0 bridgehead atoms. The number of fused-ring (bicyclic) bond motifs is 1. The Kier molecular flexibility index (Phi) is 7.47. The van der Waals surface area contributed by atoms with Gasteiger partial charge in [0.15, 0.2) is 5.58 Å². The van der Waals surface area contributed by atoms with Gasteiger partial charge < -0.3 is 14.5 Å². The van der Waals surface area contributed by atoms with Gasteiger partial charge in [-0.1, -0.05) is 36.0 Å². The maximum atomic E-state index is 12.4. The summed E-state index contributed by atoms with van der Waals surface area (Å²) < 4.78 is 34.3. The van der Waals surface area contributed by atoms with Crippen LogP contribution in [0.15, 0.2) is 58.2 Å². The van der Waals surface area contributed by atoms with Crippen molar-refractivity contribution in [3.05, 3.63) is 54.1 Å². The summed E-state index contributed by atoms with van der Waals surface area (Å²) in [6.45, 7) is -1.22. The predicted molar refractivity (Wildman–Crippen MR) is 113 cm³/mol. The monoisotopic (exact) mass is 445 g/mol. The van der Waals surface area contributed by atoms with E-state index < -0.39 is 12.2 Å². The van der Waals surface area contributed by atoms with E-state index in [1.165, 1.54) is 36.0 Å². The van der Waals surface area contributed by atoms with E-state index in [9.17, 15) is 18.8 Å². The van der Waals surface area contributed by atoms with Crippen LogP contribution in [0, 0.1) is 11.3 Å². The molecule has 0 spiro atoms. The number of carbonyl (C=O) groups excluding carboxylic acids is 1. The van der Waals surface area contributed by atoms with Crippen molar-refractivity contribution in [3.63, 3.8) is 0 Å². The molecule has 0 saturated carbocycles. The van der Waals surface area contributed by atoms with Crippen LogP contribution in [0.25, 0.3) is 11.1 Å². The number of amides is 1. The van der Waals surface area contributed by atoms with Gasteiger partial charge in [-0.15, -0.1) is 0 Å². The second-order valence-electron chi connectivity index (χ2n) is 7.09. The number of rotatable bonds is 10. The number of ether oxygens (including phenoxy) is 1. The number of oxazole rings is 1. The second-order valence-corrected chi connectivity index (χ2v) is 8.14. The van der Waals surface area contributed by atoms with Crippen LogP contribution in [0.5, 0.6) is 5.75 Å². The van der Waals surface area contributed by atoms with Gasteiger partial charge in [-0.05, 0) is 49.6 Å². The van der Waals surface area contributed by atoms with Gasteiger partial charge in [0.1, 0.15) is 16.8 Å². The molecule has 1 N–H and O–H groups in total. The number of nitrogens with one attached hydrogen (secondary N) is 1. The van der Waals surface area contributed by atoms with Gasteiger partial charge in [0.05, 0.1) is 12.5 Å². The third kappa shape index (κ3) is 6.69.